The van der Waals surface area contributed by atoms with E-state index < -0.39 is 6.04 Å². The van der Waals surface area contributed by atoms with Crippen LogP contribution in [0.25, 0.3) is 0 Å². The molecule has 2 heterocycles. The number of hydrogen-bond donors (Lipinski definition) is 2. The van der Waals surface area contributed by atoms with Gasteiger partial charge in [-0.05, 0) is 94.0 Å². The molecule has 0 bridgehead atoms. The van der Waals surface area contributed by atoms with Gasteiger partial charge >= 0.3 is 0 Å². The summed E-state index contributed by atoms with van der Waals surface area (Å²) in [5, 5.41) is 6.68. The maximum atomic E-state index is 13.1. The van der Waals surface area contributed by atoms with Gasteiger partial charge in [-0.15, -0.1) is 0 Å². The van der Waals surface area contributed by atoms with Gasteiger partial charge in [-0.2, -0.15) is 0 Å². The fraction of sp³-hybridized carbons (Fsp3) is 0.655. The standard InChI is InChI=1S/C29H41N3O4/c1-19-8-15-26(28(33)31-19)32-18-21-16-23(13-14-24(21)29(32)34)36-27-7-5-3-4-6-25(27)30-17-20-9-11-22(35-2)12-10-20/h13-14,16,20,22,25-27,30H,1,3-12,15,17-18H2,2H3,(H,31,33)/t20?,22?,25-,26?,27-/m0/s1. The Hall–Kier alpha value is -2.38. The van der Waals surface area contributed by atoms with Crippen molar-refractivity contribution in [2.45, 2.75) is 101 Å². The summed E-state index contributed by atoms with van der Waals surface area (Å²) in [6, 6.07) is 5.73. The van der Waals surface area contributed by atoms with Gasteiger partial charge in [0.1, 0.15) is 17.9 Å². The maximum Gasteiger partial charge on any atom is 0.255 e. The van der Waals surface area contributed by atoms with Gasteiger partial charge in [0.05, 0.1) is 6.10 Å². The molecule has 0 aromatic heterocycles. The van der Waals surface area contributed by atoms with E-state index in [0.29, 0.717) is 43.0 Å². The summed E-state index contributed by atoms with van der Waals surface area (Å²) in [6.07, 6.45) is 12.5. The second kappa shape index (κ2) is 11.3. The highest BCUT2D eigenvalue weighted by molar-refractivity contribution is 6.01. The molecule has 36 heavy (non-hydrogen) atoms. The van der Waals surface area contributed by atoms with Crippen molar-refractivity contribution in [3.8, 4) is 5.75 Å². The van der Waals surface area contributed by atoms with Gasteiger partial charge in [0.15, 0.2) is 0 Å². The fourth-order valence-corrected chi connectivity index (χ4v) is 6.42. The average Bonchev–Trinajstić information content (AvgIpc) is 3.04. The number of allylic oxidation sites excluding steroid dienone is 1. The molecule has 1 aromatic rings. The highest BCUT2D eigenvalue weighted by atomic mass is 16.5. The van der Waals surface area contributed by atoms with Gasteiger partial charge in [-0.1, -0.05) is 19.4 Å². The van der Waals surface area contributed by atoms with Crippen molar-refractivity contribution >= 4 is 11.8 Å². The third-order valence-electron chi connectivity index (χ3n) is 8.64. The van der Waals surface area contributed by atoms with Crippen molar-refractivity contribution in [3.05, 3.63) is 41.6 Å². The van der Waals surface area contributed by atoms with Crippen molar-refractivity contribution in [1.29, 1.82) is 0 Å². The number of methoxy groups -OCH3 is 1. The molecule has 3 fully saturated rings. The number of rotatable bonds is 7. The summed E-state index contributed by atoms with van der Waals surface area (Å²) in [5.41, 5.74) is 2.36. The lowest BCUT2D eigenvalue weighted by molar-refractivity contribution is -0.126. The Morgan fingerprint density at radius 2 is 1.86 bits per heavy atom. The molecule has 1 aromatic carbocycles. The minimum absolute atomic E-state index is 0.0681. The molecule has 0 spiro atoms. The molecule has 2 aliphatic carbocycles. The summed E-state index contributed by atoms with van der Waals surface area (Å²) in [6.45, 7) is 5.34. The smallest absolute Gasteiger partial charge is 0.255 e. The Bertz CT molecular complexity index is 971. The molecule has 1 saturated heterocycles. The van der Waals surface area contributed by atoms with Crippen molar-refractivity contribution in [3.63, 3.8) is 0 Å². The van der Waals surface area contributed by atoms with E-state index in [1.54, 1.807) is 4.90 Å². The van der Waals surface area contributed by atoms with Gasteiger partial charge < -0.3 is 25.0 Å². The number of nitrogens with zero attached hydrogens (tertiary/aromatic N) is 1. The van der Waals surface area contributed by atoms with Crippen LogP contribution in [0.3, 0.4) is 0 Å². The Balaban J connectivity index is 1.21. The normalized spacial score (nSPS) is 31.1. The van der Waals surface area contributed by atoms with Gasteiger partial charge in [-0.25, -0.2) is 0 Å². The molecule has 4 aliphatic rings. The third kappa shape index (κ3) is 5.62. The van der Waals surface area contributed by atoms with E-state index in [0.717, 1.165) is 49.2 Å². The first-order valence-electron chi connectivity index (χ1n) is 13.9. The Labute approximate surface area is 215 Å². The number of carbonyl (C=O) groups is 2. The number of nitrogens with one attached hydrogen (secondary N) is 2. The molecule has 2 N–H and O–H groups in total. The predicted octanol–water partition coefficient (Wildman–Crippen LogP) is 4.31. The molecule has 5 rings (SSSR count). The number of piperidine rings is 1. The van der Waals surface area contributed by atoms with E-state index in [-0.39, 0.29) is 17.9 Å². The van der Waals surface area contributed by atoms with Gasteiger partial charge in [-0.3, -0.25) is 9.59 Å². The molecule has 7 heteroatoms. The van der Waals surface area contributed by atoms with Crippen LogP contribution in [0.4, 0.5) is 0 Å². The number of hydrogen-bond acceptors (Lipinski definition) is 5. The van der Waals surface area contributed by atoms with E-state index in [1.807, 2.05) is 25.3 Å². The highest BCUT2D eigenvalue weighted by Crippen LogP contribution is 2.32. The van der Waals surface area contributed by atoms with Crippen LogP contribution in [0, 0.1) is 5.92 Å². The summed E-state index contributed by atoms with van der Waals surface area (Å²) in [5.74, 6) is 1.34. The molecule has 7 nitrogen and oxygen atoms in total. The Kier molecular flexibility index (Phi) is 7.96. The zero-order valence-electron chi connectivity index (χ0n) is 21.6. The fourth-order valence-electron chi connectivity index (χ4n) is 6.42. The highest BCUT2D eigenvalue weighted by Gasteiger charge is 2.38. The summed E-state index contributed by atoms with van der Waals surface area (Å²) in [4.78, 5) is 27.3. The van der Waals surface area contributed by atoms with Crippen molar-refractivity contribution < 1.29 is 19.1 Å². The lowest BCUT2D eigenvalue weighted by Gasteiger charge is -2.32. The number of ether oxygens (including phenoxy) is 2. The quantitative estimate of drug-likeness (QED) is 0.551. The van der Waals surface area contributed by atoms with Crippen LogP contribution >= 0.6 is 0 Å². The lowest BCUT2D eigenvalue weighted by atomic mass is 9.87. The van der Waals surface area contributed by atoms with Crippen LogP contribution in [-0.4, -0.2) is 54.7 Å². The topological polar surface area (TPSA) is 79.9 Å². The molecule has 2 saturated carbocycles. The molecule has 2 amide bonds. The molecule has 0 radical (unpaired) electrons. The van der Waals surface area contributed by atoms with Gasteiger partial charge in [0.2, 0.25) is 5.91 Å². The monoisotopic (exact) mass is 495 g/mol. The van der Waals surface area contributed by atoms with Gasteiger partial charge in [0, 0.05) is 31.0 Å². The maximum absolute atomic E-state index is 13.1. The average molecular weight is 496 g/mol. The number of benzene rings is 1. The number of fused-ring (bicyclic) bond motifs is 1. The predicted molar refractivity (Wildman–Crippen MR) is 139 cm³/mol. The minimum atomic E-state index is -0.436. The zero-order valence-corrected chi connectivity index (χ0v) is 21.6. The second-order valence-corrected chi connectivity index (χ2v) is 11.1. The van der Waals surface area contributed by atoms with Crippen molar-refractivity contribution in [2.75, 3.05) is 13.7 Å². The van der Waals surface area contributed by atoms with Crippen molar-refractivity contribution in [1.82, 2.24) is 15.5 Å². The number of amides is 2. The van der Waals surface area contributed by atoms with E-state index in [1.165, 1.54) is 32.1 Å². The Morgan fingerprint density at radius 3 is 2.64 bits per heavy atom. The van der Waals surface area contributed by atoms with Crippen LogP contribution in [0.15, 0.2) is 30.5 Å². The minimum Gasteiger partial charge on any atom is -0.489 e. The van der Waals surface area contributed by atoms with Crippen LogP contribution in [0.5, 0.6) is 5.75 Å². The van der Waals surface area contributed by atoms with E-state index in [2.05, 4.69) is 17.2 Å². The first-order valence-corrected chi connectivity index (χ1v) is 13.9. The third-order valence-corrected chi connectivity index (χ3v) is 8.64. The summed E-state index contributed by atoms with van der Waals surface area (Å²) < 4.78 is 12.1. The van der Waals surface area contributed by atoms with Crippen LogP contribution in [0.2, 0.25) is 0 Å². The zero-order chi connectivity index (χ0) is 25.1. The van der Waals surface area contributed by atoms with E-state index >= 15 is 0 Å². The van der Waals surface area contributed by atoms with Crippen LogP contribution in [-0.2, 0) is 16.1 Å². The Morgan fingerprint density at radius 1 is 1.06 bits per heavy atom. The molecular weight excluding hydrogens is 454 g/mol. The number of carbonyl (C=O) groups excluding carboxylic acids is 2. The first kappa shape index (κ1) is 25.3. The molecule has 1 unspecified atom stereocenters. The summed E-state index contributed by atoms with van der Waals surface area (Å²) in [7, 11) is 1.83. The first-order chi connectivity index (χ1) is 17.5. The van der Waals surface area contributed by atoms with E-state index in [9.17, 15) is 9.59 Å². The lowest BCUT2D eigenvalue weighted by Crippen LogP contribution is -2.49. The summed E-state index contributed by atoms with van der Waals surface area (Å²) >= 11 is 0. The van der Waals surface area contributed by atoms with E-state index in [4.69, 9.17) is 9.47 Å². The van der Waals surface area contributed by atoms with Crippen LogP contribution in [0.1, 0.15) is 86.6 Å². The SMILES string of the molecule is C=C1CCC(N2Cc3cc(O[C@H]4CCCCC[C@@H]4NCC4CCC(OC)CC4)ccc3C2=O)C(=O)N1. The van der Waals surface area contributed by atoms with Crippen molar-refractivity contribution in [2.24, 2.45) is 5.92 Å². The molecule has 2 aliphatic heterocycles. The second-order valence-electron chi connectivity index (χ2n) is 11.1. The molecular formula is C29H41N3O4. The molecule has 196 valence electrons. The van der Waals surface area contributed by atoms with Crippen LogP contribution < -0.4 is 15.4 Å². The largest absolute Gasteiger partial charge is 0.489 e. The van der Waals surface area contributed by atoms with Gasteiger partial charge in [0.25, 0.3) is 5.91 Å². The molecule has 3 atom stereocenters.